The number of hydrogen-bond acceptors (Lipinski definition) is 2. The third kappa shape index (κ3) is 3.84. The van der Waals surface area contributed by atoms with Crippen molar-refractivity contribution in [1.29, 1.82) is 0 Å². The first kappa shape index (κ1) is 16.0. The van der Waals surface area contributed by atoms with Crippen LogP contribution in [0.25, 0.3) is 0 Å². The standard InChI is InChI=1S/C16H20BrNO3/c1-11-7-12(9-13(17)8-11)14(19)18-10-16(15(20)21)5-3-2-4-6-16/h7-9H,2-6,10H2,1H3,(H,18,19)(H,20,21). The van der Waals surface area contributed by atoms with Crippen LogP contribution in [-0.4, -0.2) is 23.5 Å². The number of carboxylic acid groups (broad SMARTS) is 1. The molecule has 114 valence electrons. The summed E-state index contributed by atoms with van der Waals surface area (Å²) in [7, 11) is 0. The summed E-state index contributed by atoms with van der Waals surface area (Å²) >= 11 is 3.37. The van der Waals surface area contributed by atoms with E-state index in [1.54, 1.807) is 12.1 Å². The molecule has 1 amide bonds. The van der Waals surface area contributed by atoms with E-state index in [2.05, 4.69) is 21.2 Å². The van der Waals surface area contributed by atoms with E-state index in [0.717, 1.165) is 29.3 Å². The first-order chi connectivity index (χ1) is 9.93. The molecule has 1 aromatic rings. The van der Waals surface area contributed by atoms with Crippen molar-refractivity contribution in [3.05, 3.63) is 33.8 Å². The van der Waals surface area contributed by atoms with Gasteiger partial charge in [0.2, 0.25) is 0 Å². The highest BCUT2D eigenvalue weighted by atomic mass is 79.9. The second-order valence-electron chi connectivity index (χ2n) is 5.85. The van der Waals surface area contributed by atoms with Crippen LogP contribution in [0.15, 0.2) is 22.7 Å². The van der Waals surface area contributed by atoms with E-state index >= 15 is 0 Å². The first-order valence-corrected chi connectivity index (χ1v) is 8.01. The van der Waals surface area contributed by atoms with Gasteiger partial charge in [-0.25, -0.2) is 0 Å². The third-order valence-electron chi connectivity index (χ3n) is 4.16. The monoisotopic (exact) mass is 353 g/mol. The summed E-state index contributed by atoms with van der Waals surface area (Å²) in [5.74, 6) is -1.02. The Bertz CT molecular complexity index is 530. The summed E-state index contributed by atoms with van der Waals surface area (Å²) < 4.78 is 0.846. The molecular weight excluding hydrogens is 334 g/mol. The number of aryl methyl sites for hydroxylation is 1. The van der Waals surface area contributed by atoms with E-state index < -0.39 is 11.4 Å². The van der Waals surface area contributed by atoms with E-state index in [4.69, 9.17) is 0 Å². The summed E-state index contributed by atoms with van der Waals surface area (Å²) in [4.78, 5) is 23.8. The van der Waals surface area contributed by atoms with Crippen molar-refractivity contribution in [2.75, 3.05) is 6.54 Å². The Hall–Kier alpha value is -1.36. The van der Waals surface area contributed by atoms with Crippen molar-refractivity contribution in [3.63, 3.8) is 0 Å². The number of carbonyl (C=O) groups is 2. The fourth-order valence-electron chi connectivity index (χ4n) is 2.91. The Balaban J connectivity index is 2.06. The van der Waals surface area contributed by atoms with Crippen molar-refractivity contribution in [2.24, 2.45) is 5.41 Å². The smallest absolute Gasteiger partial charge is 0.311 e. The minimum Gasteiger partial charge on any atom is -0.481 e. The predicted molar refractivity (Wildman–Crippen MR) is 84.4 cm³/mol. The Morgan fingerprint density at radius 2 is 1.90 bits per heavy atom. The van der Waals surface area contributed by atoms with Crippen LogP contribution in [0, 0.1) is 12.3 Å². The average molecular weight is 354 g/mol. The molecule has 0 aliphatic heterocycles. The van der Waals surface area contributed by atoms with Crippen molar-refractivity contribution >= 4 is 27.8 Å². The van der Waals surface area contributed by atoms with Crippen LogP contribution in [0.2, 0.25) is 0 Å². The van der Waals surface area contributed by atoms with Crippen molar-refractivity contribution in [2.45, 2.75) is 39.0 Å². The van der Waals surface area contributed by atoms with Crippen LogP contribution in [0.4, 0.5) is 0 Å². The molecule has 0 radical (unpaired) electrons. The maximum atomic E-state index is 12.2. The number of nitrogens with one attached hydrogen (secondary N) is 1. The number of carbonyl (C=O) groups excluding carboxylic acids is 1. The van der Waals surface area contributed by atoms with E-state index in [1.807, 2.05) is 13.0 Å². The van der Waals surface area contributed by atoms with E-state index in [-0.39, 0.29) is 12.5 Å². The predicted octanol–water partition coefficient (Wildman–Crippen LogP) is 3.52. The number of aliphatic carboxylic acids is 1. The molecule has 0 unspecified atom stereocenters. The van der Waals surface area contributed by atoms with Crippen LogP contribution in [0.3, 0.4) is 0 Å². The molecule has 2 N–H and O–H groups in total. The molecule has 1 fully saturated rings. The molecular formula is C16H20BrNO3. The van der Waals surface area contributed by atoms with Crippen LogP contribution in [0.5, 0.6) is 0 Å². The van der Waals surface area contributed by atoms with Crippen molar-refractivity contribution in [1.82, 2.24) is 5.32 Å². The van der Waals surface area contributed by atoms with Gasteiger partial charge in [0, 0.05) is 16.6 Å². The van der Waals surface area contributed by atoms with Gasteiger partial charge in [-0.15, -0.1) is 0 Å². The van der Waals surface area contributed by atoms with Crippen LogP contribution in [-0.2, 0) is 4.79 Å². The molecule has 0 aromatic heterocycles. The Kier molecular flexibility index (Phi) is 5.04. The number of carboxylic acids is 1. The molecule has 4 nitrogen and oxygen atoms in total. The van der Waals surface area contributed by atoms with Gasteiger partial charge in [-0.3, -0.25) is 9.59 Å². The molecule has 1 aliphatic carbocycles. The number of halogens is 1. The van der Waals surface area contributed by atoms with Gasteiger partial charge in [0.05, 0.1) is 5.41 Å². The zero-order chi connectivity index (χ0) is 15.5. The van der Waals surface area contributed by atoms with E-state index in [9.17, 15) is 14.7 Å². The lowest BCUT2D eigenvalue weighted by Gasteiger charge is -2.33. The zero-order valence-corrected chi connectivity index (χ0v) is 13.7. The van der Waals surface area contributed by atoms with Crippen molar-refractivity contribution < 1.29 is 14.7 Å². The molecule has 1 aliphatic rings. The second-order valence-corrected chi connectivity index (χ2v) is 6.76. The summed E-state index contributed by atoms with van der Waals surface area (Å²) in [5.41, 5.74) is 0.743. The summed E-state index contributed by atoms with van der Waals surface area (Å²) in [6.07, 6.45) is 4.18. The van der Waals surface area contributed by atoms with Crippen LogP contribution >= 0.6 is 15.9 Å². The molecule has 0 heterocycles. The van der Waals surface area contributed by atoms with Gasteiger partial charge < -0.3 is 10.4 Å². The Morgan fingerprint density at radius 1 is 1.24 bits per heavy atom. The normalized spacial score (nSPS) is 17.2. The molecule has 1 aromatic carbocycles. The lowest BCUT2D eigenvalue weighted by Crippen LogP contribution is -2.44. The van der Waals surface area contributed by atoms with Gasteiger partial charge >= 0.3 is 5.97 Å². The SMILES string of the molecule is Cc1cc(Br)cc(C(=O)NCC2(C(=O)O)CCCCC2)c1. The maximum Gasteiger partial charge on any atom is 0.311 e. The number of rotatable bonds is 4. The van der Waals surface area contributed by atoms with Gasteiger partial charge in [-0.1, -0.05) is 35.2 Å². The van der Waals surface area contributed by atoms with Gasteiger partial charge in [-0.2, -0.15) is 0 Å². The molecule has 21 heavy (non-hydrogen) atoms. The molecule has 5 heteroatoms. The van der Waals surface area contributed by atoms with Crippen molar-refractivity contribution in [3.8, 4) is 0 Å². The number of benzene rings is 1. The van der Waals surface area contributed by atoms with Crippen LogP contribution < -0.4 is 5.32 Å². The fourth-order valence-corrected chi connectivity index (χ4v) is 3.52. The minimum absolute atomic E-state index is 0.201. The summed E-state index contributed by atoms with van der Waals surface area (Å²) in [6, 6.07) is 5.47. The Morgan fingerprint density at radius 3 is 2.48 bits per heavy atom. The highest BCUT2D eigenvalue weighted by Gasteiger charge is 2.39. The highest BCUT2D eigenvalue weighted by Crippen LogP contribution is 2.36. The molecule has 0 bridgehead atoms. The van der Waals surface area contributed by atoms with Crippen LogP contribution in [0.1, 0.15) is 48.0 Å². The quantitative estimate of drug-likeness (QED) is 0.869. The van der Waals surface area contributed by atoms with Gasteiger partial charge in [0.15, 0.2) is 0 Å². The molecule has 0 spiro atoms. The maximum absolute atomic E-state index is 12.2. The highest BCUT2D eigenvalue weighted by molar-refractivity contribution is 9.10. The van der Waals surface area contributed by atoms with E-state index in [0.29, 0.717) is 18.4 Å². The lowest BCUT2D eigenvalue weighted by molar-refractivity contribution is -0.150. The second kappa shape index (κ2) is 6.60. The average Bonchev–Trinajstić information content (AvgIpc) is 2.44. The molecule has 0 atom stereocenters. The van der Waals surface area contributed by atoms with Gasteiger partial charge in [0.25, 0.3) is 5.91 Å². The summed E-state index contributed by atoms with van der Waals surface area (Å²) in [5, 5.41) is 12.3. The first-order valence-electron chi connectivity index (χ1n) is 7.22. The zero-order valence-electron chi connectivity index (χ0n) is 12.1. The lowest BCUT2D eigenvalue weighted by atomic mass is 9.74. The minimum atomic E-state index is -0.798. The molecule has 2 rings (SSSR count). The van der Waals surface area contributed by atoms with Gasteiger partial charge in [-0.05, 0) is 43.5 Å². The molecule has 1 saturated carbocycles. The topological polar surface area (TPSA) is 66.4 Å². The molecule has 0 saturated heterocycles. The summed E-state index contributed by atoms with van der Waals surface area (Å²) in [6.45, 7) is 2.12. The van der Waals surface area contributed by atoms with E-state index in [1.165, 1.54) is 0 Å². The largest absolute Gasteiger partial charge is 0.481 e. The van der Waals surface area contributed by atoms with Gasteiger partial charge in [0.1, 0.15) is 0 Å². The third-order valence-corrected chi connectivity index (χ3v) is 4.61. The Labute approximate surface area is 133 Å². The fraction of sp³-hybridized carbons (Fsp3) is 0.500. The number of amides is 1. The number of hydrogen-bond donors (Lipinski definition) is 2.